The molecule has 0 aliphatic carbocycles. The summed E-state index contributed by atoms with van der Waals surface area (Å²) in [4.78, 5) is 16.7. The number of pyridine rings is 1. The zero-order chi connectivity index (χ0) is 25.4. The summed E-state index contributed by atoms with van der Waals surface area (Å²) >= 11 is 0. The van der Waals surface area contributed by atoms with Crippen molar-refractivity contribution in [1.29, 1.82) is 5.26 Å². The van der Waals surface area contributed by atoms with Gasteiger partial charge >= 0.3 is 0 Å². The molecule has 180 valence electrons. The second-order valence-electron chi connectivity index (χ2n) is 7.53. The van der Waals surface area contributed by atoms with Gasteiger partial charge in [-0.2, -0.15) is 9.57 Å². The number of nitriles is 1. The lowest BCUT2D eigenvalue weighted by molar-refractivity contribution is -0.111. The molecule has 0 saturated carbocycles. The van der Waals surface area contributed by atoms with Crippen molar-refractivity contribution < 1.29 is 17.9 Å². The molecule has 35 heavy (non-hydrogen) atoms. The van der Waals surface area contributed by atoms with Gasteiger partial charge in [0.05, 0.1) is 4.90 Å². The summed E-state index contributed by atoms with van der Waals surface area (Å²) in [6.45, 7) is 6.22. The highest BCUT2D eigenvalue weighted by atomic mass is 32.2. The highest BCUT2D eigenvalue weighted by Gasteiger charge is 2.21. The number of hydrogen-bond acceptors (Lipinski definition) is 6. The van der Waals surface area contributed by atoms with Gasteiger partial charge in [-0.05, 0) is 66.6 Å². The second kappa shape index (κ2) is 11.4. The summed E-state index contributed by atoms with van der Waals surface area (Å²) in [5.41, 5.74) is 2.40. The van der Waals surface area contributed by atoms with Crippen molar-refractivity contribution in [1.82, 2.24) is 9.29 Å². The van der Waals surface area contributed by atoms with Crippen molar-refractivity contribution in [3.8, 4) is 17.7 Å². The number of aryl methyl sites for hydroxylation is 1. The van der Waals surface area contributed by atoms with Gasteiger partial charge in [-0.15, -0.1) is 0 Å². The van der Waals surface area contributed by atoms with Crippen LogP contribution >= 0.6 is 0 Å². The summed E-state index contributed by atoms with van der Waals surface area (Å²) in [6.07, 6.45) is 4.53. The molecule has 3 rings (SSSR count). The molecule has 0 unspecified atom stereocenters. The summed E-state index contributed by atoms with van der Waals surface area (Å²) in [6, 6.07) is 16.8. The zero-order valence-corrected chi connectivity index (χ0v) is 20.5. The van der Waals surface area contributed by atoms with Gasteiger partial charge in [-0.1, -0.05) is 26.0 Å². The number of anilines is 1. The number of amides is 1. The van der Waals surface area contributed by atoms with E-state index < -0.39 is 10.0 Å². The fourth-order valence-electron chi connectivity index (χ4n) is 3.32. The van der Waals surface area contributed by atoms with Gasteiger partial charge in [0.15, 0.2) is 0 Å². The van der Waals surface area contributed by atoms with Crippen molar-refractivity contribution in [3.05, 3.63) is 83.6 Å². The maximum absolute atomic E-state index is 12.6. The van der Waals surface area contributed by atoms with Crippen LogP contribution in [0.2, 0.25) is 0 Å². The molecule has 1 N–H and O–H groups in total. The molecule has 8 nitrogen and oxygen atoms in total. The molecule has 1 heterocycles. The molecule has 3 aromatic rings. The number of nitrogens with one attached hydrogen (secondary N) is 1. The van der Waals surface area contributed by atoms with Crippen LogP contribution in [0.25, 0.3) is 6.08 Å². The van der Waals surface area contributed by atoms with Gasteiger partial charge in [0, 0.05) is 31.0 Å². The van der Waals surface area contributed by atoms with Gasteiger partial charge < -0.3 is 10.1 Å². The average Bonchev–Trinajstić information content (AvgIpc) is 2.85. The molecule has 1 amide bonds. The molecule has 0 bridgehead atoms. The number of sulfonamides is 1. The predicted molar refractivity (Wildman–Crippen MR) is 134 cm³/mol. The first kappa shape index (κ1) is 25.6. The zero-order valence-electron chi connectivity index (χ0n) is 19.7. The van der Waals surface area contributed by atoms with Crippen molar-refractivity contribution >= 4 is 27.7 Å². The Labute approximate surface area is 205 Å². The van der Waals surface area contributed by atoms with E-state index in [0.717, 1.165) is 5.56 Å². The Bertz CT molecular complexity index is 1370. The third-order valence-corrected chi connectivity index (χ3v) is 7.28. The van der Waals surface area contributed by atoms with E-state index in [1.807, 2.05) is 13.0 Å². The number of aromatic nitrogens is 1. The molecule has 0 aliphatic heterocycles. The minimum absolute atomic E-state index is 0.213. The van der Waals surface area contributed by atoms with E-state index in [1.54, 1.807) is 68.6 Å². The van der Waals surface area contributed by atoms with Crippen molar-refractivity contribution in [2.75, 3.05) is 18.4 Å². The topological polar surface area (TPSA) is 112 Å². The number of carbonyl (C=O) groups excluding carboxylic acids is 1. The van der Waals surface area contributed by atoms with Gasteiger partial charge in [0.2, 0.25) is 21.8 Å². The number of rotatable bonds is 9. The number of nitrogens with zero attached hydrogens (tertiary/aromatic N) is 3. The normalized spacial score (nSPS) is 11.4. The fourth-order valence-corrected chi connectivity index (χ4v) is 4.78. The summed E-state index contributed by atoms with van der Waals surface area (Å²) in [5, 5.41) is 12.0. The van der Waals surface area contributed by atoms with Crippen LogP contribution in [0, 0.1) is 18.3 Å². The molecule has 2 aromatic carbocycles. The number of ether oxygens (including phenoxy) is 1. The quantitative estimate of drug-likeness (QED) is 0.434. The van der Waals surface area contributed by atoms with Crippen LogP contribution in [-0.2, 0) is 14.8 Å². The molecule has 0 spiro atoms. The Kier molecular flexibility index (Phi) is 8.36. The first-order valence-corrected chi connectivity index (χ1v) is 12.4. The standard InChI is InChI=1S/C26H26N4O4S/c1-4-30(5-2)35(32,33)23-12-8-20(9-13-23)10-15-25(31)29-24-14-11-22(17-19(24)3)34-26-21(18-27)7-6-16-28-26/h6-17H,4-5H2,1-3H3,(H,29,31)/b15-10+. The fraction of sp³-hybridized carbons (Fsp3) is 0.192. The highest BCUT2D eigenvalue weighted by molar-refractivity contribution is 7.89. The Hall–Kier alpha value is -4.00. The Balaban J connectivity index is 1.65. The molecule has 1 aromatic heterocycles. The third-order valence-electron chi connectivity index (χ3n) is 5.21. The predicted octanol–water partition coefficient (Wildman–Crippen LogP) is 4.74. The maximum atomic E-state index is 12.6. The lowest BCUT2D eigenvalue weighted by Gasteiger charge is -2.18. The van der Waals surface area contributed by atoms with E-state index >= 15 is 0 Å². The number of benzene rings is 2. The maximum Gasteiger partial charge on any atom is 0.248 e. The third kappa shape index (κ3) is 6.32. The first-order valence-electron chi connectivity index (χ1n) is 11.0. The minimum Gasteiger partial charge on any atom is -0.438 e. The number of carbonyl (C=O) groups is 1. The molecule has 0 atom stereocenters. The van der Waals surface area contributed by atoms with Crippen LogP contribution < -0.4 is 10.1 Å². The molecule has 0 aliphatic rings. The number of hydrogen-bond donors (Lipinski definition) is 1. The summed E-state index contributed by atoms with van der Waals surface area (Å²) in [5.74, 6) is 0.370. The average molecular weight is 491 g/mol. The SMILES string of the molecule is CCN(CC)S(=O)(=O)c1ccc(/C=C/C(=O)Nc2ccc(Oc3ncccc3C#N)cc2C)cc1. The molecule has 9 heteroatoms. The van der Waals surface area contributed by atoms with Crippen LogP contribution in [0.1, 0.15) is 30.5 Å². The van der Waals surface area contributed by atoms with Crippen LogP contribution in [-0.4, -0.2) is 36.7 Å². The van der Waals surface area contributed by atoms with Gasteiger partial charge in [-0.25, -0.2) is 13.4 Å². The molecule has 0 saturated heterocycles. The molecule has 0 fully saturated rings. The van der Waals surface area contributed by atoms with E-state index in [2.05, 4.69) is 10.3 Å². The molecular weight excluding hydrogens is 464 g/mol. The van der Waals surface area contributed by atoms with E-state index in [0.29, 0.717) is 35.7 Å². The van der Waals surface area contributed by atoms with Crippen molar-refractivity contribution in [3.63, 3.8) is 0 Å². The van der Waals surface area contributed by atoms with E-state index in [9.17, 15) is 13.2 Å². The van der Waals surface area contributed by atoms with Crippen molar-refractivity contribution in [2.24, 2.45) is 0 Å². The van der Waals surface area contributed by atoms with Gasteiger partial charge in [0.25, 0.3) is 0 Å². The van der Waals surface area contributed by atoms with E-state index in [4.69, 9.17) is 10.00 Å². The van der Waals surface area contributed by atoms with Crippen LogP contribution in [0.15, 0.2) is 71.8 Å². The Morgan fingerprint density at radius 3 is 2.49 bits per heavy atom. The Morgan fingerprint density at radius 2 is 1.86 bits per heavy atom. The van der Waals surface area contributed by atoms with Crippen molar-refractivity contribution in [2.45, 2.75) is 25.7 Å². The Morgan fingerprint density at radius 1 is 1.14 bits per heavy atom. The second-order valence-corrected chi connectivity index (χ2v) is 9.47. The smallest absolute Gasteiger partial charge is 0.248 e. The van der Waals surface area contributed by atoms with E-state index in [1.165, 1.54) is 22.5 Å². The minimum atomic E-state index is -3.52. The summed E-state index contributed by atoms with van der Waals surface area (Å²) < 4.78 is 32.3. The largest absolute Gasteiger partial charge is 0.438 e. The summed E-state index contributed by atoms with van der Waals surface area (Å²) in [7, 11) is -3.52. The van der Waals surface area contributed by atoms with Gasteiger partial charge in [0.1, 0.15) is 17.4 Å². The first-order chi connectivity index (χ1) is 16.8. The lowest BCUT2D eigenvalue weighted by atomic mass is 10.2. The molecular formula is C26H26N4O4S. The van der Waals surface area contributed by atoms with Crippen LogP contribution in [0.3, 0.4) is 0 Å². The van der Waals surface area contributed by atoms with E-state index in [-0.39, 0.29) is 16.7 Å². The molecule has 0 radical (unpaired) electrons. The monoisotopic (exact) mass is 490 g/mol. The highest BCUT2D eigenvalue weighted by Crippen LogP contribution is 2.26. The lowest BCUT2D eigenvalue weighted by Crippen LogP contribution is -2.30. The van der Waals surface area contributed by atoms with Crippen LogP contribution in [0.4, 0.5) is 5.69 Å². The van der Waals surface area contributed by atoms with Crippen LogP contribution in [0.5, 0.6) is 11.6 Å². The van der Waals surface area contributed by atoms with Gasteiger partial charge in [-0.3, -0.25) is 4.79 Å².